The molecule has 1 saturated heterocycles. The molecule has 1 aliphatic heterocycles. The Morgan fingerprint density at radius 3 is 2.72 bits per heavy atom. The SMILES string of the molecule is CN(C)c1ncccc1CNc1ccc(C(=O)N2CCOCC2)cn1. The van der Waals surface area contributed by atoms with Crippen LogP contribution in [-0.4, -0.2) is 61.2 Å². The number of ether oxygens (including phenoxy) is 1. The highest BCUT2D eigenvalue weighted by atomic mass is 16.5. The van der Waals surface area contributed by atoms with E-state index in [4.69, 9.17) is 4.74 Å². The average molecular weight is 341 g/mol. The number of hydrogen-bond donors (Lipinski definition) is 1. The van der Waals surface area contributed by atoms with Crippen LogP contribution in [0.4, 0.5) is 11.6 Å². The summed E-state index contributed by atoms with van der Waals surface area (Å²) in [6.07, 6.45) is 3.40. The monoisotopic (exact) mass is 341 g/mol. The van der Waals surface area contributed by atoms with Crippen molar-refractivity contribution >= 4 is 17.5 Å². The lowest BCUT2D eigenvalue weighted by atomic mass is 10.2. The molecule has 0 aromatic carbocycles. The molecular formula is C18H23N5O2. The van der Waals surface area contributed by atoms with E-state index in [9.17, 15) is 4.79 Å². The number of carbonyl (C=O) groups is 1. The molecule has 7 heteroatoms. The number of hydrogen-bond acceptors (Lipinski definition) is 6. The lowest BCUT2D eigenvalue weighted by Crippen LogP contribution is -2.40. The molecule has 25 heavy (non-hydrogen) atoms. The first kappa shape index (κ1) is 17.2. The fourth-order valence-electron chi connectivity index (χ4n) is 2.73. The van der Waals surface area contributed by atoms with Gasteiger partial charge in [-0.15, -0.1) is 0 Å². The minimum absolute atomic E-state index is 0.00417. The van der Waals surface area contributed by atoms with E-state index < -0.39 is 0 Å². The fraction of sp³-hybridized carbons (Fsp3) is 0.389. The smallest absolute Gasteiger partial charge is 0.255 e. The maximum atomic E-state index is 12.4. The van der Waals surface area contributed by atoms with Crippen LogP contribution in [0.5, 0.6) is 0 Å². The van der Waals surface area contributed by atoms with E-state index in [1.54, 1.807) is 17.3 Å². The number of morpholine rings is 1. The van der Waals surface area contributed by atoms with Gasteiger partial charge in [-0.05, 0) is 18.2 Å². The highest BCUT2D eigenvalue weighted by Crippen LogP contribution is 2.16. The Bertz CT molecular complexity index is 712. The van der Waals surface area contributed by atoms with E-state index in [1.807, 2.05) is 43.3 Å². The number of rotatable bonds is 5. The molecule has 0 saturated carbocycles. The molecule has 0 atom stereocenters. The van der Waals surface area contributed by atoms with Crippen molar-refractivity contribution in [3.8, 4) is 0 Å². The summed E-state index contributed by atoms with van der Waals surface area (Å²) in [5.74, 6) is 1.66. The minimum atomic E-state index is 0.00417. The van der Waals surface area contributed by atoms with Crippen LogP contribution in [0.15, 0.2) is 36.7 Å². The summed E-state index contributed by atoms with van der Waals surface area (Å²) in [4.78, 5) is 24.9. The Morgan fingerprint density at radius 1 is 1.24 bits per heavy atom. The molecule has 0 bridgehead atoms. The van der Waals surface area contributed by atoms with Gasteiger partial charge in [-0.1, -0.05) is 6.07 Å². The van der Waals surface area contributed by atoms with Crippen molar-refractivity contribution < 1.29 is 9.53 Å². The molecule has 0 radical (unpaired) electrons. The maximum absolute atomic E-state index is 12.4. The molecule has 2 aromatic rings. The normalized spacial score (nSPS) is 14.2. The highest BCUT2D eigenvalue weighted by molar-refractivity contribution is 5.94. The fourth-order valence-corrected chi connectivity index (χ4v) is 2.73. The Hall–Kier alpha value is -2.67. The topological polar surface area (TPSA) is 70.6 Å². The van der Waals surface area contributed by atoms with Crippen molar-refractivity contribution in [3.63, 3.8) is 0 Å². The van der Waals surface area contributed by atoms with Crippen LogP contribution in [0.25, 0.3) is 0 Å². The summed E-state index contributed by atoms with van der Waals surface area (Å²) in [5.41, 5.74) is 1.69. The van der Waals surface area contributed by atoms with Gasteiger partial charge in [0.25, 0.3) is 5.91 Å². The van der Waals surface area contributed by atoms with E-state index in [0.717, 1.165) is 17.2 Å². The van der Waals surface area contributed by atoms with Gasteiger partial charge in [0, 0.05) is 51.7 Å². The highest BCUT2D eigenvalue weighted by Gasteiger charge is 2.18. The van der Waals surface area contributed by atoms with Crippen LogP contribution in [0.3, 0.4) is 0 Å². The van der Waals surface area contributed by atoms with Gasteiger partial charge >= 0.3 is 0 Å². The van der Waals surface area contributed by atoms with Gasteiger partial charge in [0.1, 0.15) is 11.6 Å². The number of nitrogens with one attached hydrogen (secondary N) is 1. The molecule has 1 amide bonds. The van der Waals surface area contributed by atoms with Crippen LogP contribution in [-0.2, 0) is 11.3 Å². The first-order valence-electron chi connectivity index (χ1n) is 8.33. The Balaban J connectivity index is 1.62. The second-order valence-corrected chi connectivity index (χ2v) is 6.07. The lowest BCUT2D eigenvalue weighted by molar-refractivity contribution is 0.0302. The van der Waals surface area contributed by atoms with E-state index in [-0.39, 0.29) is 5.91 Å². The molecule has 0 spiro atoms. The van der Waals surface area contributed by atoms with Crippen LogP contribution >= 0.6 is 0 Å². The van der Waals surface area contributed by atoms with Gasteiger partial charge in [-0.25, -0.2) is 9.97 Å². The molecule has 2 aromatic heterocycles. The molecule has 0 unspecified atom stereocenters. The van der Waals surface area contributed by atoms with E-state index in [1.165, 1.54) is 0 Å². The third-order valence-corrected chi connectivity index (χ3v) is 4.06. The predicted octanol–water partition coefficient (Wildman–Crippen LogP) is 1.63. The largest absolute Gasteiger partial charge is 0.378 e. The van der Waals surface area contributed by atoms with Crippen molar-refractivity contribution in [1.82, 2.24) is 14.9 Å². The third-order valence-electron chi connectivity index (χ3n) is 4.06. The van der Waals surface area contributed by atoms with Crippen molar-refractivity contribution in [2.45, 2.75) is 6.54 Å². The first-order valence-corrected chi connectivity index (χ1v) is 8.33. The summed E-state index contributed by atoms with van der Waals surface area (Å²) >= 11 is 0. The van der Waals surface area contributed by atoms with Gasteiger partial charge in [-0.3, -0.25) is 4.79 Å². The summed E-state index contributed by atoms with van der Waals surface area (Å²) < 4.78 is 5.28. The Kier molecular flexibility index (Phi) is 5.45. The van der Waals surface area contributed by atoms with E-state index in [2.05, 4.69) is 15.3 Å². The lowest BCUT2D eigenvalue weighted by Gasteiger charge is -2.26. The second-order valence-electron chi connectivity index (χ2n) is 6.07. The Labute approximate surface area is 147 Å². The summed E-state index contributed by atoms with van der Waals surface area (Å²) in [6.45, 7) is 3.07. The van der Waals surface area contributed by atoms with Crippen molar-refractivity contribution in [2.75, 3.05) is 50.6 Å². The predicted molar refractivity (Wildman–Crippen MR) is 96.9 cm³/mol. The van der Waals surface area contributed by atoms with Gasteiger partial charge in [-0.2, -0.15) is 0 Å². The van der Waals surface area contributed by atoms with Gasteiger partial charge in [0.05, 0.1) is 18.8 Å². The number of carbonyl (C=O) groups excluding carboxylic acids is 1. The molecular weight excluding hydrogens is 318 g/mol. The molecule has 3 rings (SSSR count). The first-order chi connectivity index (χ1) is 12.1. The third kappa shape index (κ3) is 4.24. The van der Waals surface area contributed by atoms with Gasteiger partial charge < -0.3 is 19.9 Å². The second kappa shape index (κ2) is 7.94. The zero-order valence-corrected chi connectivity index (χ0v) is 14.6. The summed E-state index contributed by atoms with van der Waals surface area (Å²) in [6, 6.07) is 7.59. The number of pyridine rings is 2. The van der Waals surface area contributed by atoms with Crippen molar-refractivity contribution in [3.05, 3.63) is 47.8 Å². The van der Waals surface area contributed by atoms with Crippen molar-refractivity contribution in [1.29, 1.82) is 0 Å². The maximum Gasteiger partial charge on any atom is 0.255 e. The van der Waals surface area contributed by atoms with Crippen LogP contribution < -0.4 is 10.2 Å². The molecule has 7 nitrogen and oxygen atoms in total. The molecule has 1 fully saturated rings. The molecule has 1 N–H and O–H groups in total. The quantitative estimate of drug-likeness (QED) is 0.891. The van der Waals surface area contributed by atoms with Crippen LogP contribution in [0, 0.1) is 0 Å². The number of amides is 1. The number of nitrogens with zero attached hydrogens (tertiary/aromatic N) is 4. The summed E-state index contributed by atoms with van der Waals surface area (Å²) in [7, 11) is 3.94. The molecule has 0 aliphatic carbocycles. The van der Waals surface area contributed by atoms with E-state index >= 15 is 0 Å². The van der Waals surface area contributed by atoms with E-state index in [0.29, 0.717) is 38.4 Å². The van der Waals surface area contributed by atoms with Crippen LogP contribution in [0.2, 0.25) is 0 Å². The zero-order chi connectivity index (χ0) is 17.6. The molecule has 1 aliphatic rings. The number of aromatic nitrogens is 2. The standard InChI is InChI=1S/C18H23N5O2/c1-22(2)17-14(4-3-7-19-17)12-20-16-6-5-15(13-21-16)18(24)23-8-10-25-11-9-23/h3-7,13H,8-12H2,1-2H3,(H,20,21). The van der Waals surface area contributed by atoms with Crippen molar-refractivity contribution in [2.24, 2.45) is 0 Å². The molecule has 3 heterocycles. The Morgan fingerprint density at radius 2 is 2.04 bits per heavy atom. The van der Waals surface area contributed by atoms with Crippen LogP contribution in [0.1, 0.15) is 15.9 Å². The average Bonchev–Trinajstić information content (AvgIpc) is 2.67. The summed E-state index contributed by atoms with van der Waals surface area (Å²) in [5, 5.41) is 3.28. The van der Waals surface area contributed by atoms with Gasteiger partial charge in [0.15, 0.2) is 0 Å². The minimum Gasteiger partial charge on any atom is -0.378 e. The zero-order valence-electron chi connectivity index (χ0n) is 14.6. The molecule has 132 valence electrons. The van der Waals surface area contributed by atoms with Gasteiger partial charge in [0.2, 0.25) is 0 Å². The number of anilines is 2.